The van der Waals surface area contributed by atoms with E-state index in [1.165, 1.54) is 18.3 Å². The summed E-state index contributed by atoms with van der Waals surface area (Å²) in [6.07, 6.45) is 2.01. The van der Waals surface area contributed by atoms with Crippen LogP contribution >= 0.6 is 22.9 Å². The predicted octanol–water partition coefficient (Wildman–Crippen LogP) is 4.12. The molecule has 0 saturated heterocycles. The topological polar surface area (TPSA) is 49.4 Å². The quantitative estimate of drug-likeness (QED) is 0.753. The van der Waals surface area contributed by atoms with E-state index in [9.17, 15) is 9.59 Å². The van der Waals surface area contributed by atoms with Gasteiger partial charge in [-0.15, -0.1) is 17.9 Å². The smallest absolute Gasteiger partial charge is 0.227 e. The lowest BCUT2D eigenvalue weighted by molar-refractivity contribution is -0.130. The van der Waals surface area contributed by atoms with E-state index < -0.39 is 0 Å². The summed E-state index contributed by atoms with van der Waals surface area (Å²) in [7, 11) is 0. The number of halogens is 1. The van der Waals surface area contributed by atoms with E-state index in [-0.39, 0.29) is 11.8 Å². The summed E-state index contributed by atoms with van der Waals surface area (Å²) in [6.45, 7) is 6.18. The fourth-order valence-electron chi connectivity index (χ4n) is 2.23. The average Bonchev–Trinajstić information content (AvgIpc) is 2.93. The number of carbonyl (C=O) groups excluding carboxylic acids is 2. The number of rotatable bonds is 7. The molecule has 1 N–H and O–H groups in total. The Kier molecular flexibility index (Phi) is 6.58. The number of hydrogen-bond acceptors (Lipinski definition) is 3. The van der Waals surface area contributed by atoms with Gasteiger partial charge in [-0.2, -0.15) is 0 Å². The number of anilines is 1. The van der Waals surface area contributed by atoms with E-state index in [0.29, 0.717) is 23.8 Å². The minimum absolute atomic E-state index is 0.0201. The molecule has 2 rings (SSSR count). The van der Waals surface area contributed by atoms with Gasteiger partial charge < -0.3 is 10.2 Å². The van der Waals surface area contributed by atoms with Gasteiger partial charge in [0.1, 0.15) is 0 Å². The van der Waals surface area contributed by atoms with Crippen LogP contribution < -0.4 is 5.32 Å². The Labute approximate surface area is 150 Å². The maximum absolute atomic E-state index is 12.6. The van der Waals surface area contributed by atoms with E-state index in [0.717, 1.165) is 16.1 Å². The summed E-state index contributed by atoms with van der Waals surface area (Å²) in [6, 6.07) is 11.0. The van der Waals surface area contributed by atoms with Crippen LogP contribution in [0.15, 0.2) is 49.1 Å². The van der Waals surface area contributed by atoms with Crippen LogP contribution in [0.2, 0.25) is 4.34 Å². The Morgan fingerprint density at radius 3 is 2.50 bits per heavy atom. The van der Waals surface area contributed by atoms with Crippen LogP contribution in [-0.4, -0.2) is 23.3 Å². The monoisotopic (exact) mass is 362 g/mol. The minimum Gasteiger partial charge on any atom is -0.334 e. The Morgan fingerprint density at radius 1 is 1.25 bits per heavy atom. The summed E-state index contributed by atoms with van der Waals surface area (Å²) < 4.78 is 0.713. The van der Waals surface area contributed by atoms with Crippen molar-refractivity contribution in [2.45, 2.75) is 19.9 Å². The molecular formula is C18H19ClN2O2S. The lowest BCUT2D eigenvalue weighted by Crippen LogP contribution is -2.31. The van der Waals surface area contributed by atoms with Gasteiger partial charge in [-0.25, -0.2) is 0 Å². The molecule has 2 amide bonds. The predicted molar refractivity (Wildman–Crippen MR) is 99.4 cm³/mol. The van der Waals surface area contributed by atoms with Gasteiger partial charge in [0.25, 0.3) is 0 Å². The zero-order chi connectivity index (χ0) is 17.5. The lowest BCUT2D eigenvalue weighted by atomic mass is 10.1. The molecule has 0 unspecified atom stereocenters. The van der Waals surface area contributed by atoms with E-state index >= 15 is 0 Å². The Hall–Kier alpha value is -2.11. The highest BCUT2D eigenvalue weighted by Gasteiger charge is 2.14. The van der Waals surface area contributed by atoms with Crippen molar-refractivity contribution < 1.29 is 9.59 Å². The van der Waals surface area contributed by atoms with Crippen molar-refractivity contribution in [1.82, 2.24) is 4.90 Å². The summed E-state index contributed by atoms with van der Waals surface area (Å²) >= 11 is 7.42. The molecule has 1 aromatic heterocycles. The van der Waals surface area contributed by atoms with Crippen molar-refractivity contribution in [1.29, 1.82) is 0 Å². The second-order valence-corrected chi connectivity index (χ2v) is 7.12. The zero-order valence-electron chi connectivity index (χ0n) is 13.4. The molecule has 1 heterocycles. The van der Waals surface area contributed by atoms with E-state index in [2.05, 4.69) is 11.9 Å². The first kappa shape index (κ1) is 18.2. The molecule has 0 aliphatic rings. The standard InChI is InChI=1S/C18H19ClN2O2S/c1-3-10-21(12-16-8-9-17(19)24-16)18(23)11-14-4-6-15(7-5-14)20-13(2)22/h3-9H,1,10-12H2,2H3,(H,20,22). The summed E-state index contributed by atoms with van der Waals surface area (Å²) in [5.74, 6) is -0.0997. The molecule has 1 aromatic carbocycles. The van der Waals surface area contributed by atoms with Gasteiger partial charge in [-0.05, 0) is 29.8 Å². The van der Waals surface area contributed by atoms with Crippen molar-refractivity contribution in [3.63, 3.8) is 0 Å². The molecule has 0 fully saturated rings. The average molecular weight is 363 g/mol. The van der Waals surface area contributed by atoms with Crippen LogP contribution in [0.1, 0.15) is 17.4 Å². The molecule has 0 spiro atoms. The largest absolute Gasteiger partial charge is 0.334 e. The van der Waals surface area contributed by atoms with Crippen molar-refractivity contribution in [3.8, 4) is 0 Å². The number of carbonyl (C=O) groups is 2. The van der Waals surface area contributed by atoms with Crippen molar-refractivity contribution in [2.24, 2.45) is 0 Å². The first-order chi connectivity index (χ1) is 11.5. The Morgan fingerprint density at radius 2 is 1.96 bits per heavy atom. The molecule has 126 valence electrons. The fraction of sp³-hybridized carbons (Fsp3) is 0.222. The third-order valence-corrected chi connectivity index (χ3v) is 4.52. The van der Waals surface area contributed by atoms with Gasteiger partial charge in [-0.3, -0.25) is 9.59 Å². The minimum atomic E-state index is -0.120. The molecule has 0 aliphatic carbocycles. The highest BCUT2D eigenvalue weighted by molar-refractivity contribution is 7.16. The molecule has 0 aliphatic heterocycles. The third-order valence-electron chi connectivity index (χ3n) is 3.31. The highest BCUT2D eigenvalue weighted by Crippen LogP contribution is 2.23. The lowest BCUT2D eigenvalue weighted by Gasteiger charge is -2.20. The first-order valence-electron chi connectivity index (χ1n) is 7.47. The van der Waals surface area contributed by atoms with Gasteiger partial charge >= 0.3 is 0 Å². The van der Waals surface area contributed by atoms with Crippen molar-refractivity contribution >= 4 is 40.4 Å². The third kappa shape index (κ3) is 5.51. The molecule has 2 aromatic rings. The number of hydrogen-bond donors (Lipinski definition) is 1. The summed E-state index contributed by atoms with van der Waals surface area (Å²) in [5, 5.41) is 2.70. The maximum Gasteiger partial charge on any atom is 0.227 e. The van der Waals surface area contributed by atoms with Gasteiger partial charge in [0.15, 0.2) is 0 Å². The number of benzene rings is 1. The van der Waals surface area contributed by atoms with Crippen LogP contribution in [0.25, 0.3) is 0 Å². The van der Waals surface area contributed by atoms with E-state index in [4.69, 9.17) is 11.6 Å². The zero-order valence-corrected chi connectivity index (χ0v) is 15.0. The van der Waals surface area contributed by atoms with Crippen LogP contribution in [0, 0.1) is 0 Å². The number of nitrogens with zero attached hydrogens (tertiary/aromatic N) is 1. The van der Waals surface area contributed by atoms with Crippen LogP contribution in [-0.2, 0) is 22.6 Å². The molecule has 0 atom stereocenters. The van der Waals surface area contributed by atoms with Gasteiger partial charge in [0.05, 0.1) is 17.3 Å². The van der Waals surface area contributed by atoms with E-state index in [1.807, 2.05) is 24.3 Å². The molecule has 0 radical (unpaired) electrons. The summed E-state index contributed by atoms with van der Waals surface area (Å²) in [4.78, 5) is 26.4. The normalized spacial score (nSPS) is 10.2. The molecule has 6 heteroatoms. The second kappa shape index (κ2) is 8.66. The fourth-order valence-corrected chi connectivity index (χ4v) is 3.33. The number of amides is 2. The molecular weight excluding hydrogens is 344 g/mol. The van der Waals surface area contributed by atoms with Crippen molar-refractivity contribution in [3.05, 3.63) is 63.8 Å². The first-order valence-corrected chi connectivity index (χ1v) is 8.67. The van der Waals surface area contributed by atoms with Gasteiger partial charge in [0.2, 0.25) is 11.8 Å². The van der Waals surface area contributed by atoms with Crippen LogP contribution in [0.5, 0.6) is 0 Å². The number of thiophene rings is 1. The van der Waals surface area contributed by atoms with Gasteiger partial charge in [-0.1, -0.05) is 29.8 Å². The molecule has 0 bridgehead atoms. The highest BCUT2D eigenvalue weighted by atomic mass is 35.5. The maximum atomic E-state index is 12.6. The molecule has 24 heavy (non-hydrogen) atoms. The van der Waals surface area contributed by atoms with Gasteiger partial charge in [0, 0.05) is 24.0 Å². The van der Waals surface area contributed by atoms with Crippen LogP contribution in [0.4, 0.5) is 5.69 Å². The molecule has 0 saturated carbocycles. The summed E-state index contributed by atoms with van der Waals surface area (Å²) in [5.41, 5.74) is 1.61. The number of nitrogens with one attached hydrogen (secondary N) is 1. The molecule has 4 nitrogen and oxygen atoms in total. The van der Waals surface area contributed by atoms with Crippen LogP contribution in [0.3, 0.4) is 0 Å². The Bertz CT molecular complexity index is 725. The van der Waals surface area contributed by atoms with Crippen molar-refractivity contribution in [2.75, 3.05) is 11.9 Å². The van der Waals surface area contributed by atoms with E-state index in [1.54, 1.807) is 23.1 Å². The second-order valence-electron chi connectivity index (χ2n) is 5.32. The SMILES string of the molecule is C=CCN(Cc1ccc(Cl)s1)C(=O)Cc1ccc(NC(C)=O)cc1. The Balaban J connectivity index is 2.01.